The second-order valence-electron chi connectivity index (χ2n) is 4.63. The molecule has 110 valence electrons. The Morgan fingerprint density at radius 3 is 2.63 bits per heavy atom. The Morgan fingerprint density at radius 1 is 1.37 bits per heavy atom. The summed E-state index contributed by atoms with van der Waals surface area (Å²) in [4.78, 5) is 26.6. The predicted molar refractivity (Wildman–Crippen MR) is 71.0 cm³/mol. The van der Waals surface area contributed by atoms with Crippen LogP contribution >= 0.6 is 0 Å². The number of rotatable bonds is 7. The lowest BCUT2D eigenvalue weighted by atomic mass is 10.2. The van der Waals surface area contributed by atoms with Gasteiger partial charge in [0.2, 0.25) is 5.91 Å². The second kappa shape index (κ2) is 8.12. The second-order valence-corrected chi connectivity index (χ2v) is 4.63. The molecule has 1 amide bonds. The van der Waals surface area contributed by atoms with Crippen LogP contribution in [-0.2, 0) is 14.3 Å². The molecule has 0 spiro atoms. The van der Waals surface area contributed by atoms with Crippen molar-refractivity contribution >= 4 is 11.9 Å². The summed E-state index contributed by atoms with van der Waals surface area (Å²) in [7, 11) is 0. The van der Waals surface area contributed by atoms with Crippen LogP contribution in [0.3, 0.4) is 0 Å². The molecule has 0 saturated carbocycles. The summed E-state index contributed by atoms with van der Waals surface area (Å²) in [5.74, 6) is -0.708. The first kappa shape index (κ1) is 15.9. The predicted octanol–water partition coefficient (Wildman–Crippen LogP) is 0.420. The van der Waals surface area contributed by atoms with Gasteiger partial charge in [0.25, 0.3) is 0 Å². The van der Waals surface area contributed by atoms with Gasteiger partial charge in [-0.25, -0.2) is 0 Å². The number of ether oxygens (including phenoxy) is 1. The summed E-state index contributed by atoms with van der Waals surface area (Å²) >= 11 is 0. The molecule has 0 aromatic heterocycles. The minimum Gasteiger partial charge on any atom is -0.480 e. The van der Waals surface area contributed by atoms with Gasteiger partial charge in [-0.05, 0) is 26.8 Å². The lowest BCUT2D eigenvalue weighted by Gasteiger charge is -2.32. The van der Waals surface area contributed by atoms with E-state index in [1.165, 1.54) is 0 Å². The topological polar surface area (TPSA) is 70.1 Å². The normalized spacial score (nSPS) is 20.2. The van der Waals surface area contributed by atoms with Gasteiger partial charge in [0.15, 0.2) is 0 Å². The van der Waals surface area contributed by atoms with E-state index in [1.807, 2.05) is 18.7 Å². The maximum Gasteiger partial charge on any atom is 0.323 e. The Labute approximate surface area is 114 Å². The fraction of sp³-hybridized carbons (Fsp3) is 0.846. The monoisotopic (exact) mass is 272 g/mol. The largest absolute Gasteiger partial charge is 0.480 e. The summed E-state index contributed by atoms with van der Waals surface area (Å²) in [5, 5.41) is 9.08. The number of hydrogen-bond donors (Lipinski definition) is 1. The molecule has 1 heterocycles. The van der Waals surface area contributed by atoms with Crippen LogP contribution in [-0.4, -0.2) is 72.2 Å². The van der Waals surface area contributed by atoms with Gasteiger partial charge in [-0.15, -0.1) is 0 Å². The number of morpholine rings is 1. The van der Waals surface area contributed by atoms with Crippen molar-refractivity contribution in [2.24, 2.45) is 0 Å². The van der Waals surface area contributed by atoms with Crippen molar-refractivity contribution in [2.45, 2.75) is 32.7 Å². The molecule has 1 aliphatic heterocycles. The number of amides is 1. The fourth-order valence-corrected chi connectivity index (χ4v) is 2.30. The van der Waals surface area contributed by atoms with Crippen LogP contribution in [0.1, 0.15) is 26.7 Å². The van der Waals surface area contributed by atoms with Crippen LogP contribution in [0.2, 0.25) is 0 Å². The SMILES string of the molecule is CCN(CC)C(=O)CCCN1CCOCC1C(=O)O. The Bertz CT molecular complexity index is 305. The van der Waals surface area contributed by atoms with Gasteiger partial charge in [0.05, 0.1) is 13.2 Å². The third kappa shape index (κ3) is 4.80. The molecule has 1 saturated heterocycles. The van der Waals surface area contributed by atoms with Crippen LogP contribution in [0.4, 0.5) is 0 Å². The van der Waals surface area contributed by atoms with Gasteiger partial charge >= 0.3 is 5.97 Å². The quantitative estimate of drug-likeness (QED) is 0.727. The average molecular weight is 272 g/mol. The standard InChI is InChI=1S/C13H24N2O4/c1-3-14(4-2)12(16)6-5-7-15-8-9-19-10-11(15)13(17)18/h11H,3-10H2,1-2H3,(H,17,18). The molecule has 0 bridgehead atoms. The third-order valence-corrected chi connectivity index (χ3v) is 3.48. The molecule has 1 N–H and O–H groups in total. The van der Waals surface area contributed by atoms with Crippen molar-refractivity contribution < 1.29 is 19.4 Å². The van der Waals surface area contributed by atoms with E-state index in [-0.39, 0.29) is 12.5 Å². The zero-order valence-electron chi connectivity index (χ0n) is 11.8. The third-order valence-electron chi connectivity index (χ3n) is 3.48. The van der Waals surface area contributed by atoms with Crippen molar-refractivity contribution in [3.63, 3.8) is 0 Å². The van der Waals surface area contributed by atoms with Crippen molar-refractivity contribution in [3.05, 3.63) is 0 Å². The summed E-state index contributed by atoms with van der Waals surface area (Å²) < 4.78 is 5.18. The molecule has 1 fully saturated rings. The Balaban J connectivity index is 2.34. The highest BCUT2D eigenvalue weighted by Crippen LogP contribution is 2.09. The van der Waals surface area contributed by atoms with Gasteiger partial charge in [0.1, 0.15) is 6.04 Å². The van der Waals surface area contributed by atoms with E-state index >= 15 is 0 Å². The Morgan fingerprint density at radius 2 is 2.05 bits per heavy atom. The van der Waals surface area contributed by atoms with Crippen molar-refractivity contribution in [1.29, 1.82) is 0 Å². The first-order valence-electron chi connectivity index (χ1n) is 6.92. The highest BCUT2D eigenvalue weighted by atomic mass is 16.5. The maximum atomic E-state index is 11.8. The number of hydrogen-bond acceptors (Lipinski definition) is 4. The molecule has 0 aromatic carbocycles. The molecule has 6 heteroatoms. The number of carboxylic acids is 1. The number of aliphatic carboxylic acids is 1. The van der Waals surface area contributed by atoms with E-state index < -0.39 is 12.0 Å². The molecule has 0 aliphatic carbocycles. The molecule has 1 rings (SSSR count). The number of carboxylic acid groups (broad SMARTS) is 1. The van der Waals surface area contributed by atoms with Crippen molar-refractivity contribution in [2.75, 3.05) is 39.4 Å². The lowest BCUT2D eigenvalue weighted by Crippen LogP contribution is -2.50. The van der Waals surface area contributed by atoms with Crippen LogP contribution in [0.15, 0.2) is 0 Å². The Hall–Kier alpha value is -1.14. The molecule has 0 radical (unpaired) electrons. The lowest BCUT2D eigenvalue weighted by molar-refractivity contribution is -0.149. The molecule has 1 aliphatic rings. The van der Waals surface area contributed by atoms with Crippen LogP contribution in [0, 0.1) is 0 Å². The van der Waals surface area contributed by atoms with E-state index in [0.717, 1.165) is 13.1 Å². The molecule has 6 nitrogen and oxygen atoms in total. The maximum absolute atomic E-state index is 11.8. The molecule has 0 aromatic rings. The zero-order valence-corrected chi connectivity index (χ0v) is 11.8. The Kier molecular flexibility index (Phi) is 6.80. The molecular weight excluding hydrogens is 248 g/mol. The van der Waals surface area contributed by atoms with Gasteiger partial charge in [-0.3, -0.25) is 14.5 Å². The smallest absolute Gasteiger partial charge is 0.323 e. The van der Waals surface area contributed by atoms with E-state index in [0.29, 0.717) is 32.5 Å². The highest BCUT2D eigenvalue weighted by Gasteiger charge is 2.28. The van der Waals surface area contributed by atoms with E-state index in [1.54, 1.807) is 4.90 Å². The van der Waals surface area contributed by atoms with Crippen LogP contribution in [0.5, 0.6) is 0 Å². The van der Waals surface area contributed by atoms with Gasteiger partial charge in [-0.1, -0.05) is 0 Å². The fourth-order valence-electron chi connectivity index (χ4n) is 2.30. The first-order valence-corrected chi connectivity index (χ1v) is 6.92. The summed E-state index contributed by atoms with van der Waals surface area (Å²) in [6.07, 6.45) is 1.17. The highest BCUT2D eigenvalue weighted by molar-refractivity contribution is 5.76. The molecule has 1 atom stereocenters. The van der Waals surface area contributed by atoms with Gasteiger partial charge < -0.3 is 14.7 Å². The van der Waals surface area contributed by atoms with Gasteiger partial charge in [0, 0.05) is 26.1 Å². The number of nitrogens with zero attached hydrogens (tertiary/aromatic N) is 2. The average Bonchev–Trinajstić information content (AvgIpc) is 2.40. The summed E-state index contributed by atoms with van der Waals surface area (Å²) in [5.41, 5.74) is 0. The van der Waals surface area contributed by atoms with E-state index in [9.17, 15) is 9.59 Å². The zero-order chi connectivity index (χ0) is 14.3. The number of carbonyl (C=O) groups is 2. The minimum absolute atomic E-state index is 0.144. The molecule has 19 heavy (non-hydrogen) atoms. The van der Waals surface area contributed by atoms with Crippen molar-refractivity contribution in [3.8, 4) is 0 Å². The number of carbonyl (C=O) groups excluding carboxylic acids is 1. The summed E-state index contributed by atoms with van der Waals surface area (Å²) in [6.45, 7) is 7.43. The van der Waals surface area contributed by atoms with Crippen molar-refractivity contribution in [1.82, 2.24) is 9.80 Å². The first-order chi connectivity index (χ1) is 9.10. The molecular formula is C13H24N2O4. The van der Waals surface area contributed by atoms with Crippen LogP contribution < -0.4 is 0 Å². The van der Waals surface area contributed by atoms with E-state index in [2.05, 4.69) is 0 Å². The minimum atomic E-state index is -0.852. The van der Waals surface area contributed by atoms with Crippen LogP contribution in [0.25, 0.3) is 0 Å². The van der Waals surface area contributed by atoms with Gasteiger partial charge in [-0.2, -0.15) is 0 Å². The molecule has 1 unspecified atom stereocenters. The summed E-state index contributed by atoms with van der Waals surface area (Å²) in [6, 6.07) is -0.572. The van der Waals surface area contributed by atoms with E-state index in [4.69, 9.17) is 9.84 Å².